The molecule has 0 bridgehead atoms. The molecule has 0 radical (unpaired) electrons. The fraction of sp³-hybridized carbons (Fsp3) is 0.353. The topological polar surface area (TPSA) is 104 Å². The van der Waals surface area contributed by atoms with Gasteiger partial charge in [0.05, 0.1) is 11.8 Å². The van der Waals surface area contributed by atoms with E-state index in [0.29, 0.717) is 12.2 Å². The number of nitrogens with one attached hydrogen (secondary N) is 1. The van der Waals surface area contributed by atoms with Crippen LogP contribution in [0.2, 0.25) is 0 Å². The van der Waals surface area contributed by atoms with Gasteiger partial charge in [-0.05, 0) is 37.1 Å². The Kier molecular flexibility index (Phi) is 4.99. The fourth-order valence-corrected chi connectivity index (χ4v) is 3.22. The second kappa shape index (κ2) is 7.57. The van der Waals surface area contributed by atoms with E-state index in [9.17, 15) is 9.59 Å². The number of fused-ring (bicyclic) bond motifs is 1. The maximum absolute atomic E-state index is 12.6. The van der Waals surface area contributed by atoms with Gasteiger partial charge < -0.3 is 10.1 Å². The Bertz CT molecular complexity index is 1020. The van der Waals surface area contributed by atoms with E-state index in [1.807, 2.05) is 24.3 Å². The molecule has 1 fully saturated rings. The first kappa shape index (κ1) is 17.8. The van der Waals surface area contributed by atoms with Crippen LogP contribution in [-0.4, -0.2) is 49.7 Å². The summed E-state index contributed by atoms with van der Waals surface area (Å²) in [5.74, 6) is -0.269. The molecule has 3 heterocycles. The number of ether oxygens (including phenoxy) is 1. The number of hydrogen-bond acceptors (Lipinski definition) is 6. The predicted octanol–water partition coefficient (Wildman–Crippen LogP) is 1.03. The van der Waals surface area contributed by atoms with Crippen LogP contribution < -0.4 is 10.9 Å². The van der Waals surface area contributed by atoms with Crippen molar-refractivity contribution in [3.8, 4) is 5.69 Å². The number of carbonyl (C=O) groups is 1. The molecule has 1 aliphatic heterocycles. The van der Waals surface area contributed by atoms with Gasteiger partial charge in [0.25, 0.3) is 5.56 Å². The van der Waals surface area contributed by atoms with Crippen LogP contribution in [0.15, 0.2) is 39.9 Å². The lowest BCUT2D eigenvalue weighted by Crippen LogP contribution is -2.36. The van der Waals surface area contributed by atoms with Crippen LogP contribution in [0, 0.1) is 0 Å². The second-order valence-corrected chi connectivity index (χ2v) is 7.18. The molecule has 27 heavy (non-hydrogen) atoms. The number of hydrogen-bond donors (Lipinski definition) is 1. The molecule has 1 amide bonds. The predicted molar refractivity (Wildman–Crippen MR) is 101 cm³/mol. The van der Waals surface area contributed by atoms with Crippen molar-refractivity contribution < 1.29 is 9.53 Å². The van der Waals surface area contributed by atoms with Gasteiger partial charge in [0.15, 0.2) is 11.2 Å². The van der Waals surface area contributed by atoms with E-state index in [1.54, 1.807) is 0 Å². The van der Waals surface area contributed by atoms with E-state index >= 15 is 0 Å². The molecule has 0 saturated carbocycles. The van der Waals surface area contributed by atoms with Crippen molar-refractivity contribution >= 4 is 33.0 Å². The van der Waals surface area contributed by atoms with Crippen LogP contribution in [0.25, 0.3) is 16.9 Å². The first-order chi connectivity index (χ1) is 13.1. The lowest BCUT2D eigenvalue weighted by atomic mass is 10.2. The van der Waals surface area contributed by atoms with Crippen molar-refractivity contribution in [1.82, 2.24) is 29.9 Å². The zero-order valence-corrected chi connectivity index (χ0v) is 15.9. The first-order valence-corrected chi connectivity index (χ1v) is 9.36. The van der Waals surface area contributed by atoms with E-state index < -0.39 is 5.56 Å². The molecule has 1 saturated heterocycles. The third-order valence-electron chi connectivity index (χ3n) is 4.37. The van der Waals surface area contributed by atoms with E-state index in [0.717, 1.165) is 29.6 Å². The molecular weight excluding hydrogens is 416 g/mol. The minimum atomic E-state index is -0.407. The normalized spacial score (nSPS) is 16.7. The molecule has 9 nitrogen and oxygen atoms in total. The van der Waals surface area contributed by atoms with Gasteiger partial charge in [0.1, 0.15) is 12.9 Å². The summed E-state index contributed by atoms with van der Waals surface area (Å²) < 4.78 is 9.12. The molecular formula is C17H17BrN6O3. The average Bonchev–Trinajstić information content (AvgIpc) is 3.33. The lowest BCUT2D eigenvalue weighted by molar-refractivity contribution is -0.122. The van der Waals surface area contributed by atoms with E-state index in [1.165, 1.54) is 15.6 Å². The summed E-state index contributed by atoms with van der Waals surface area (Å²) in [5.41, 5.74) is 0.793. The van der Waals surface area contributed by atoms with Crippen LogP contribution in [0.3, 0.4) is 0 Å². The molecule has 1 atom stereocenters. The van der Waals surface area contributed by atoms with Crippen LogP contribution >= 0.6 is 15.9 Å². The average molecular weight is 433 g/mol. The maximum Gasteiger partial charge on any atom is 0.284 e. The van der Waals surface area contributed by atoms with E-state index in [4.69, 9.17) is 4.74 Å². The molecule has 2 aromatic heterocycles. The summed E-state index contributed by atoms with van der Waals surface area (Å²) >= 11 is 3.38. The fourth-order valence-electron chi connectivity index (χ4n) is 2.96. The molecule has 1 unspecified atom stereocenters. The van der Waals surface area contributed by atoms with E-state index in [2.05, 4.69) is 36.5 Å². The first-order valence-electron chi connectivity index (χ1n) is 8.57. The molecule has 140 valence electrons. The van der Waals surface area contributed by atoms with Crippen LogP contribution in [0.5, 0.6) is 0 Å². The van der Waals surface area contributed by atoms with Crippen LogP contribution in [0.1, 0.15) is 12.8 Å². The van der Waals surface area contributed by atoms with Gasteiger partial charge in [0, 0.05) is 17.6 Å². The maximum atomic E-state index is 12.6. The van der Waals surface area contributed by atoms with Gasteiger partial charge in [-0.25, -0.2) is 4.98 Å². The van der Waals surface area contributed by atoms with Gasteiger partial charge in [-0.3, -0.25) is 14.2 Å². The third kappa shape index (κ3) is 3.76. The number of carbonyl (C=O) groups excluding carboxylic acids is 1. The van der Waals surface area contributed by atoms with Crippen molar-refractivity contribution in [3.63, 3.8) is 0 Å². The molecule has 1 aromatic carbocycles. The summed E-state index contributed by atoms with van der Waals surface area (Å²) in [6.45, 7) is 1.05. The highest BCUT2D eigenvalue weighted by atomic mass is 79.9. The smallest absolute Gasteiger partial charge is 0.284 e. The number of rotatable bonds is 5. The molecule has 1 aliphatic rings. The number of halogens is 1. The number of amides is 1. The van der Waals surface area contributed by atoms with E-state index in [-0.39, 0.29) is 24.1 Å². The van der Waals surface area contributed by atoms with Crippen molar-refractivity contribution in [2.24, 2.45) is 0 Å². The second-order valence-electron chi connectivity index (χ2n) is 6.27. The Labute approximate surface area is 162 Å². The summed E-state index contributed by atoms with van der Waals surface area (Å²) in [7, 11) is 0. The Morgan fingerprint density at radius 2 is 2.15 bits per heavy atom. The van der Waals surface area contributed by atoms with Gasteiger partial charge in [-0.15, -0.1) is 5.10 Å². The van der Waals surface area contributed by atoms with Gasteiger partial charge >= 0.3 is 0 Å². The van der Waals surface area contributed by atoms with Gasteiger partial charge in [-0.2, -0.15) is 4.68 Å². The summed E-state index contributed by atoms with van der Waals surface area (Å²) in [6, 6.07) is 7.40. The SMILES string of the molecule is O=C(Cn1cnc2c(nnn2-c2ccc(Br)cc2)c1=O)NCC1CCCO1. The lowest BCUT2D eigenvalue weighted by Gasteiger charge is -2.11. The summed E-state index contributed by atoms with van der Waals surface area (Å²) in [5, 5.41) is 10.8. The standard InChI is InChI=1S/C17H17BrN6O3/c18-11-3-5-12(6-4-11)24-16-15(21-22-24)17(26)23(10-20-16)9-14(25)19-8-13-2-1-7-27-13/h3-6,10,13H,1-2,7-9H2,(H,19,25). The largest absolute Gasteiger partial charge is 0.376 e. The monoisotopic (exact) mass is 432 g/mol. The molecule has 1 N–H and O–H groups in total. The molecule has 0 spiro atoms. The Balaban J connectivity index is 1.53. The Morgan fingerprint density at radius 3 is 2.89 bits per heavy atom. The molecule has 4 rings (SSSR count). The molecule has 0 aliphatic carbocycles. The minimum Gasteiger partial charge on any atom is -0.376 e. The van der Waals surface area contributed by atoms with Crippen molar-refractivity contribution in [2.75, 3.05) is 13.2 Å². The number of aromatic nitrogens is 5. The summed E-state index contributed by atoms with van der Waals surface area (Å²) in [4.78, 5) is 29.0. The zero-order valence-electron chi connectivity index (χ0n) is 14.3. The highest BCUT2D eigenvalue weighted by molar-refractivity contribution is 9.10. The van der Waals surface area contributed by atoms with Gasteiger partial charge in [0.2, 0.25) is 5.91 Å². The molecule has 3 aromatic rings. The third-order valence-corrected chi connectivity index (χ3v) is 4.89. The quantitative estimate of drug-likeness (QED) is 0.645. The van der Waals surface area contributed by atoms with Crippen LogP contribution in [-0.2, 0) is 16.1 Å². The van der Waals surface area contributed by atoms with Crippen molar-refractivity contribution in [2.45, 2.75) is 25.5 Å². The van der Waals surface area contributed by atoms with Crippen LogP contribution in [0.4, 0.5) is 0 Å². The Hall–Kier alpha value is -2.59. The Morgan fingerprint density at radius 1 is 1.33 bits per heavy atom. The zero-order chi connectivity index (χ0) is 18.8. The van der Waals surface area contributed by atoms with Crippen molar-refractivity contribution in [3.05, 3.63) is 45.4 Å². The summed E-state index contributed by atoms with van der Waals surface area (Å²) in [6.07, 6.45) is 3.34. The van der Waals surface area contributed by atoms with Crippen molar-refractivity contribution in [1.29, 1.82) is 0 Å². The molecule has 10 heteroatoms. The number of nitrogens with zero attached hydrogens (tertiary/aromatic N) is 5. The highest BCUT2D eigenvalue weighted by Gasteiger charge is 2.18. The van der Waals surface area contributed by atoms with Gasteiger partial charge in [-0.1, -0.05) is 21.1 Å². The highest BCUT2D eigenvalue weighted by Crippen LogP contribution is 2.15. The number of benzene rings is 1. The minimum absolute atomic E-state index is 0.0529.